The van der Waals surface area contributed by atoms with E-state index in [0.717, 1.165) is 25.7 Å². The van der Waals surface area contributed by atoms with Crippen LogP contribution in [-0.2, 0) is 4.79 Å². The van der Waals surface area contributed by atoms with Gasteiger partial charge in [-0.05, 0) is 49.8 Å². The highest BCUT2D eigenvalue weighted by atomic mass is 19.1. The van der Waals surface area contributed by atoms with Crippen molar-refractivity contribution in [2.24, 2.45) is 5.92 Å². The van der Waals surface area contributed by atoms with Crippen LogP contribution in [0.4, 0.5) is 4.39 Å². The second-order valence-corrected chi connectivity index (χ2v) is 7.29. The Balaban J connectivity index is 1.48. The molecular weight excluding hydrogens is 323 g/mol. The molecule has 1 saturated carbocycles. The molecule has 3 fully saturated rings. The molecule has 2 atom stereocenters. The average Bonchev–Trinajstić information content (AvgIpc) is 3.46. The average molecular weight is 346 g/mol. The third-order valence-electron chi connectivity index (χ3n) is 5.69. The first kappa shape index (κ1) is 16.4. The van der Waals surface area contributed by atoms with Crippen molar-refractivity contribution in [3.63, 3.8) is 0 Å². The summed E-state index contributed by atoms with van der Waals surface area (Å²) in [5, 5.41) is 0. The molecule has 134 valence electrons. The molecule has 3 aliphatic rings. The summed E-state index contributed by atoms with van der Waals surface area (Å²) >= 11 is 0. The van der Waals surface area contributed by atoms with E-state index >= 15 is 0 Å². The molecule has 0 radical (unpaired) electrons. The Bertz CT molecular complexity index is 704. The molecule has 0 spiro atoms. The number of nitrogens with zero attached hydrogens (tertiary/aromatic N) is 2. The summed E-state index contributed by atoms with van der Waals surface area (Å²) in [5.41, 5.74) is 0.447. The number of fused-ring (bicyclic) bond motifs is 1. The summed E-state index contributed by atoms with van der Waals surface area (Å²) in [7, 11) is 1.39. The van der Waals surface area contributed by atoms with Crippen LogP contribution in [0.15, 0.2) is 18.2 Å². The van der Waals surface area contributed by atoms with Crippen molar-refractivity contribution in [2.45, 2.75) is 44.2 Å². The van der Waals surface area contributed by atoms with Gasteiger partial charge in [0.05, 0.1) is 7.11 Å². The molecule has 0 unspecified atom stereocenters. The number of ether oxygens (including phenoxy) is 1. The molecule has 5 nitrogen and oxygen atoms in total. The van der Waals surface area contributed by atoms with Crippen LogP contribution < -0.4 is 4.74 Å². The molecule has 0 aromatic heterocycles. The van der Waals surface area contributed by atoms with Gasteiger partial charge in [0.25, 0.3) is 5.91 Å². The Morgan fingerprint density at radius 2 is 2.04 bits per heavy atom. The standard InChI is InChI=1S/C19H23FN2O3/c1-25-17-10-12(2-6-15(17)20)19(24)21-9-8-16-13(11-21)3-7-18(23)22(16)14-4-5-14/h2,6,10,13-14,16H,3-5,7-9,11H2,1H3/t13-,16+/m0/s1. The highest BCUT2D eigenvalue weighted by molar-refractivity contribution is 5.94. The lowest BCUT2D eigenvalue weighted by molar-refractivity contribution is -0.141. The van der Waals surface area contributed by atoms with Gasteiger partial charge < -0.3 is 14.5 Å². The van der Waals surface area contributed by atoms with E-state index in [9.17, 15) is 14.0 Å². The van der Waals surface area contributed by atoms with Gasteiger partial charge in [0.15, 0.2) is 11.6 Å². The summed E-state index contributed by atoms with van der Waals surface area (Å²) in [5.74, 6) is 0.157. The van der Waals surface area contributed by atoms with Crippen molar-refractivity contribution in [1.82, 2.24) is 9.80 Å². The molecule has 6 heteroatoms. The largest absolute Gasteiger partial charge is 0.494 e. The van der Waals surface area contributed by atoms with Crippen LogP contribution in [0.5, 0.6) is 5.75 Å². The van der Waals surface area contributed by atoms with Crippen LogP contribution in [0, 0.1) is 11.7 Å². The van der Waals surface area contributed by atoms with Crippen LogP contribution in [0.2, 0.25) is 0 Å². The van der Waals surface area contributed by atoms with E-state index in [4.69, 9.17) is 4.74 Å². The Morgan fingerprint density at radius 3 is 2.76 bits per heavy atom. The third kappa shape index (κ3) is 2.98. The minimum atomic E-state index is -0.469. The molecule has 2 amide bonds. The summed E-state index contributed by atoms with van der Waals surface area (Å²) in [6, 6.07) is 4.95. The number of hydrogen-bond acceptors (Lipinski definition) is 3. The quantitative estimate of drug-likeness (QED) is 0.845. The number of likely N-dealkylation sites (tertiary alicyclic amines) is 2. The van der Waals surface area contributed by atoms with E-state index in [1.807, 2.05) is 4.90 Å². The first-order chi connectivity index (χ1) is 12.1. The molecule has 1 aliphatic carbocycles. The maximum Gasteiger partial charge on any atom is 0.254 e. The molecule has 2 aliphatic heterocycles. The smallest absolute Gasteiger partial charge is 0.254 e. The van der Waals surface area contributed by atoms with Crippen LogP contribution in [0.3, 0.4) is 0 Å². The number of piperidine rings is 2. The lowest BCUT2D eigenvalue weighted by Gasteiger charge is -2.47. The van der Waals surface area contributed by atoms with Gasteiger partial charge in [0, 0.05) is 37.2 Å². The maximum absolute atomic E-state index is 13.6. The second kappa shape index (κ2) is 6.32. The summed E-state index contributed by atoms with van der Waals surface area (Å²) < 4.78 is 18.5. The zero-order chi connectivity index (χ0) is 17.6. The van der Waals surface area contributed by atoms with Gasteiger partial charge in [-0.15, -0.1) is 0 Å². The van der Waals surface area contributed by atoms with Gasteiger partial charge in [-0.2, -0.15) is 0 Å². The molecule has 1 aromatic carbocycles. The van der Waals surface area contributed by atoms with E-state index in [-0.39, 0.29) is 23.6 Å². The van der Waals surface area contributed by atoms with Gasteiger partial charge in [-0.3, -0.25) is 9.59 Å². The van der Waals surface area contributed by atoms with Gasteiger partial charge in [-0.1, -0.05) is 0 Å². The zero-order valence-electron chi connectivity index (χ0n) is 14.4. The fraction of sp³-hybridized carbons (Fsp3) is 0.579. The van der Waals surface area contributed by atoms with Crippen molar-refractivity contribution in [2.75, 3.05) is 20.2 Å². The Hall–Kier alpha value is -2.11. The summed E-state index contributed by atoms with van der Waals surface area (Å²) in [4.78, 5) is 29.0. The van der Waals surface area contributed by atoms with Crippen molar-refractivity contribution in [1.29, 1.82) is 0 Å². The maximum atomic E-state index is 13.6. The molecule has 0 bridgehead atoms. The number of amides is 2. The Morgan fingerprint density at radius 1 is 1.24 bits per heavy atom. The van der Waals surface area contributed by atoms with E-state index in [2.05, 4.69) is 4.90 Å². The SMILES string of the molecule is COc1cc(C(=O)N2CC[C@@H]3[C@@H](CCC(=O)N3C3CC3)C2)ccc1F. The Labute approximate surface area is 146 Å². The Kier molecular flexibility index (Phi) is 4.13. The van der Waals surface area contributed by atoms with Crippen molar-refractivity contribution in [3.8, 4) is 5.75 Å². The number of halogens is 1. The molecule has 1 aromatic rings. The monoisotopic (exact) mass is 346 g/mol. The highest BCUT2D eigenvalue weighted by Gasteiger charge is 2.45. The van der Waals surface area contributed by atoms with Gasteiger partial charge in [0.2, 0.25) is 5.91 Å². The fourth-order valence-electron chi connectivity index (χ4n) is 4.28. The fourth-order valence-corrected chi connectivity index (χ4v) is 4.28. The number of rotatable bonds is 3. The first-order valence-electron chi connectivity index (χ1n) is 9.02. The molecule has 25 heavy (non-hydrogen) atoms. The summed E-state index contributed by atoms with van der Waals surface area (Å²) in [6.07, 6.45) is 4.50. The second-order valence-electron chi connectivity index (χ2n) is 7.29. The topological polar surface area (TPSA) is 49.9 Å². The normalized spacial score (nSPS) is 26.4. The number of hydrogen-bond donors (Lipinski definition) is 0. The van der Waals surface area contributed by atoms with Crippen molar-refractivity contribution in [3.05, 3.63) is 29.6 Å². The van der Waals surface area contributed by atoms with Crippen LogP contribution in [-0.4, -0.2) is 53.9 Å². The van der Waals surface area contributed by atoms with Gasteiger partial charge in [-0.25, -0.2) is 4.39 Å². The lowest BCUT2D eigenvalue weighted by atomic mass is 9.83. The molecule has 2 saturated heterocycles. The number of methoxy groups -OCH3 is 1. The van der Waals surface area contributed by atoms with Crippen LogP contribution in [0.1, 0.15) is 42.5 Å². The van der Waals surface area contributed by atoms with Gasteiger partial charge >= 0.3 is 0 Å². The predicted molar refractivity (Wildman–Crippen MR) is 89.9 cm³/mol. The van der Waals surface area contributed by atoms with E-state index < -0.39 is 5.82 Å². The van der Waals surface area contributed by atoms with E-state index in [1.165, 1.54) is 25.3 Å². The molecule has 4 rings (SSSR count). The number of carbonyl (C=O) groups is 2. The van der Waals surface area contributed by atoms with Gasteiger partial charge in [0.1, 0.15) is 0 Å². The lowest BCUT2D eigenvalue weighted by Crippen LogP contribution is -2.57. The van der Waals surface area contributed by atoms with Crippen molar-refractivity contribution < 1.29 is 18.7 Å². The first-order valence-corrected chi connectivity index (χ1v) is 9.02. The number of benzene rings is 1. The minimum Gasteiger partial charge on any atom is -0.494 e. The van der Waals surface area contributed by atoms with Crippen molar-refractivity contribution >= 4 is 11.8 Å². The summed E-state index contributed by atoms with van der Waals surface area (Å²) in [6.45, 7) is 1.30. The minimum absolute atomic E-state index is 0.0870. The molecule has 0 N–H and O–H groups in total. The van der Waals surface area contributed by atoms with Crippen LogP contribution >= 0.6 is 0 Å². The highest BCUT2D eigenvalue weighted by Crippen LogP contribution is 2.39. The molecule has 2 heterocycles. The predicted octanol–water partition coefficient (Wildman–Crippen LogP) is 2.45. The number of carbonyl (C=O) groups excluding carboxylic acids is 2. The van der Waals surface area contributed by atoms with Crippen LogP contribution in [0.25, 0.3) is 0 Å². The zero-order valence-corrected chi connectivity index (χ0v) is 14.4. The van der Waals surface area contributed by atoms with E-state index in [0.29, 0.717) is 37.0 Å². The third-order valence-corrected chi connectivity index (χ3v) is 5.69. The van der Waals surface area contributed by atoms with E-state index in [1.54, 1.807) is 0 Å². The molecular formula is C19H23FN2O3.